The van der Waals surface area contributed by atoms with E-state index in [1.54, 1.807) is 13.0 Å². The van der Waals surface area contributed by atoms with Gasteiger partial charge in [-0.15, -0.1) is 11.3 Å². The average Bonchev–Trinajstić information content (AvgIpc) is 2.92. The number of carbonyl (C=O) groups excluding carboxylic acids is 2. The number of carbonyl (C=O) groups is 2. The highest BCUT2D eigenvalue weighted by Gasteiger charge is 2.19. The largest absolute Gasteiger partial charge is 0.369 e. The molecule has 2 amide bonds. The second-order valence-corrected chi connectivity index (χ2v) is 5.72. The van der Waals surface area contributed by atoms with Gasteiger partial charge in [0.2, 0.25) is 0 Å². The molecule has 3 N–H and O–H groups in total. The normalized spacial score (nSPS) is 11.9. The van der Waals surface area contributed by atoms with Crippen molar-refractivity contribution in [1.29, 1.82) is 0 Å². The van der Waals surface area contributed by atoms with Gasteiger partial charge in [-0.1, -0.05) is 30.3 Å². The number of amides is 2. The first kappa shape index (κ1) is 16.2. The van der Waals surface area contributed by atoms with Crippen LogP contribution in [-0.4, -0.2) is 24.5 Å². The molecule has 0 spiro atoms. The maximum atomic E-state index is 12.0. The van der Waals surface area contributed by atoms with Crippen molar-refractivity contribution in [1.82, 2.24) is 0 Å². The van der Waals surface area contributed by atoms with E-state index in [0.29, 0.717) is 17.2 Å². The molecule has 2 rings (SSSR count). The van der Waals surface area contributed by atoms with Crippen molar-refractivity contribution in [2.24, 2.45) is 5.73 Å². The summed E-state index contributed by atoms with van der Waals surface area (Å²) in [6, 6.07) is 11.3. The molecule has 2 aromatic rings. The minimum absolute atomic E-state index is 0.300. The Kier molecular flexibility index (Phi) is 5.30. The van der Waals surface area contributed by atoms with E-state index >= 15 is 0 Å². The summed E-state index contributed by atoms with van der Waals surface area (Å²) in [4.78, 5) is 24.5. The van der Waals surface area contributed by atoms with Gasteiger partial charge in [0.1, 0.15) is 11.1 Å². The van der Waals surface area contributed by atoms with Gasteiger partial charge in [-0.25, -0.2) is 0 Å². The first-order valence-electron chi connectivity index (χ1n) is 6.94. The molecule has 0 bridgehead atoms. The third kappa shape index (κ3) is 3.72. The first-order valence-corrected chi connectivity index (χ1v) is 7.76. The lowest BCUT2D eigenvalue weighted by molar-refractivity contribution is -0.126. The molecule has 0 saturated carbocycles. The summed E-state index contributed by atoms with van der Waals surface area (Å²) in [5.41, 5.74) is 6.67. The summed E-state index contributed by atoms with van der Waals surface area (Å²) in [5, 5.41) is 3.17. The molecule has 0 radical (unpaired) electrons. The smallest absolute Gasteiger partial charge is 0.253 e. The van der Waals surface area contributed by atoms with Gasteiger partial charge in [0.25, 0.3) is 11.8 Å². The van der Waals surface area contributed by atoms with E-state index in [2.05, 4.69) is 5.32 Å². The summed E-state index contributed by atoms with van der Waals surface area (Å²) in [6.45, 7) is 3.92. The van der Waals surface area contributed by atoms with Gasteiger partial charge in [0.15, 0.2) is 0 Å². The Morgan fingerprint density at radius 2 is 2.00 bits per heavy atom. The zero-order chi connectivity index (χ0) is 16.1. The predicted octanol–water partition coefficient (Wildman–Crippen LogP) is 2.88. The van der Waals surface area contributed by atoms with E-state index in [1.807, 2.05) is 37.3 Å². The minimum Gasteiger partial charge on any atom is -0.369 e. The van der Waals surface area contributed by atoms with Crippen LogP contribution in [0.5, 0.6) is 0 Å². The van der Waals surface area contributed by atoms with Crippen molar-refractivity contribution in [2.75, 3.05) is 11.9 Å². The topological polar surface area (TPSA) is 81.4 Å². The van der Waals surface area contributed by atoms with Gasteiger partial charge in [0.05, 0.1) is 5.56 Å². The second-order valence-electron chi connectivity index (χ2n) is 4.67. The van der Waals surface area contributed by atoms with Gasteiger partial charge < -0.3 is 15.8 Å². The average molecular weight is 318 g/mol. The lowest BCUT2D eigenvalue weighted by Crippen LogP contribution is -2.28. The number of hydrogen-bond acceptors (Lipinski definition) is 4. The van der Waals surface area contributed by atoms with E-state index in [4.69, 9.17) is 10.5 Å². The Morgan fingerprint density at radius 1 is 1.32 bits per heavy atom. The van der Waals surface area contributed by atoms with Crippen LogP contribution in [0.3, 0.4) is 0 Å². The number of rotatable bonds is 6. The van der Waals surface area contributed by atoms with Gasteiger partial charge in [-0.2, -0.15) is 0 Å². The molecule has 5 nitrogen and oxygen atoms in total. The SMILES string of the molecule is CCOC(C)C(=O)Nc1sc(-c2ccccc2)cc1C(N)=O. The Morgan fingerprint density at radius 3 is 2.59 bits per heavy atom. The third-order valence-corrected chi connectivity index (χ3v) is 4.18. The van der Waals surface area contributed by atoms with Crippen LogP contribution in [0.4, 0.5) is 5.00 Å². The van der Waals surface area contributed by atoms with Crippen LogP contribution in [0, 0.1) is 0 Å². The second kappa shape index (κ2) is 7.20. The standard InChI is InChI=1S/C16H18N2O3S/c1-3-21-10(2)15(20)18-16-12(14(17)19)9-13(22-16)11-7-5-4-6-8-11/h4-10H,3H2,1-2H3,(H2,17,19)(H,18,20). The maximum Gasteiger partial charge on any atom is 0.253 e. The number of nitrogens with two attached hydrogens (primary N) is 1. The van der Waals surface area contributed by atoms with Crippen molar-refractivity contribution in [3.63, 3.8) is 0 Å². The van der Waals surface area contributed by atoms with Crippen LogP contribution in [0.1, 0.15) is 24.2 Å². The molecule has 0 fully saturated rings. The molecule has 1 heterocycles. The number of primary amides is 1. The molecule has 1 unspecified atom stereocenters. The van der Waals surface area contributed by atoms with E-state index in [-0.39, 0.29) is 5.91 Å². The summed E-state index contributed by atoms with van der Waals surface area (Å²) in [6.07, 6.45) is -0.590. The minimum atomic E-state index is -0.590. The Hall–Kier alpha value is -2.18. The molecule has 0 aliphatic heterocycles. The van der Waals surface area contributed by atoms with Crippen LogP contribution in [0.25, 0.3) is 10.4 Å². The number of hydrogen-bond donors (Lipinski definition) is 2. The number of ether oxygens (including phenoxy) is 1. The highest BCUT2D eigenvalue weighted by atomic mass is 32.1. The van der Waals surface area contributed by atoms with E-state index in [9.17, 15) is 9.59 Å². The first-order chi connectivity index (χ1) is 10.5. The van der Waals surface area contributed by atoms with Crippen LogP contribution < -0.4 is 11.1 Å². The Bertz CT molecular complexity index is 667. The molecule has 6 heteroatoms. The number of anilines is 1. The van der Waals surface area contributed by atoms with Crippen LogP contribution in [0.15, 0.2) is 36.4 Å². The highest BCUT2D eigenvalue weighted by molar-refractivity contribution is 7.20. The van der Waals surface area contributed by atoms with Crippen LogP contribution in [-0.2, 0) is 9.53 Å². The molecule has 22 heavy (non-hydrogen) atoms. The van der Waals surface area contributed by atoms with Crippen molar-refractivity contribution in [3.8, 4) is 10.4 Å². The van der Waals surface area contributed by atoms with Gasteiger partial charge in [-0.3, -0.25) is 9.59 Å². The zero-order valence-corrected chi connectivity index (χ0v) is 13.3. The quantitative estimate of drug-likeness (QED) is 0.859. The van der Waals surface area contributed by atoms with E-state index in [0.717, 1.165) is 10.4 Å². The van der Waals surface area contributed by atoms with Gasteiger partial charge >= 0.3 is 0 Å². The molecular weight excluding hydrogens is 300 g/mol. The van der Waals surface area contributed by atoms with Crippen LogP contribution in [0.2, 0.25) is 0 Å². The lowest BCUT2D eigenvalue weighted by atomic mass is 10.1. The fourth-order valence-corrected chi connectivity index (χ4v) is 3.02. The van der Waals surface area contributed by atoms with Crippen molar-refractivity contribution < 1.29 is 14.3 Å². The van der Waals surface area contributed by atoms with Crippen molar-refractivity contribution in [3.05, 3.63) is 42.0 Å². The molecular formula is C16H18N2O3S. The molecule has 1 aromatic heterocycles. The molecule has 1 aromatic carbocycles. The maximum absolute atomic E-state index is 12.0. The van der Waals surface area contributed by atoms with Crippen LogP contribution >= 0.6 is 11.3 Å². The number of nitrogens with one attached hydrogen (secondary N) is 1. The van der Waals surface area contributed by atoms with Crippen molar-refractivity contribution >= 4 is 28.2 Å². The molecule has 0 aliphatic carbocycles. The molecule has 0 aliphatic rings. The Labute approximate surface area is 133 Å². The third-order valence-electron chi connectivity index (χ3n) is 3.08. The fourth-order valence-electron chi connectivity index (χ4n) is 1.95. The Balaban J connectivity index is 2.29. The summed E-state index contributed by atoms with van der Waals surface area (Å²) in [7, 11) is 0. The summed E-state index contributed by atoms with van der Waals surface area (Å²) < 4.78 is 5.24. The zero-order valence-electron chi connectivity index (χ0n) is 12.5. The van der Waals surface area contributed by atoms with E-state index < -0.39 is 12.0 Å². The van der Waals surface area contributed by atoms with E-state index in [1.165, 1.54) is 11.3 Å². The number of benzene rings is 1. The summed E-state index contributed by atoms with van der Waals surface area (Å²) in [5.74, 6) is -0.872. The lowest BCUT2D eigenvalue weighted by Gasteiger charge is -2.11. The number of thiophene rings is 1. The predicted molar refractivity (Wildman–Crippen MR) is 88.0 cm³/mol. The fraction of sp³-hybridized carbons (Fsp3) is 0.250. The molecule has 0 saturated heterocycles. The highest BCUT2D eigenvalue weighted by Crippen LogP contribution is 2.35. The molecule has 116 valence electrons. The van der Waals surface area contributed by atoms with Gasteiger partial charge in [0, 0.05) is 11.5 Å². The summed E-state index contributed by atoms with van der Waals surface area (Å²) >= 11 is 1.32. The molecule has 1 atom stereocenters. The van der Waals surface area contributed by atoms with Crippen molar-refractivity contribution in [2.45, 2.75) is 20.0 Å². The van der Waals surface area contributed by atoms with Gasteiger partial charge in [-0.05, 0) is 25.5 Å². The monoisotopic (exact) mass is 318 g/mol.